The Morgan fingerprint density at radius 3 is 2.56 bits per heavy atom. The number of nitrogens with zero attached hydrogens (tertiary/aromatic N) is 3. The largest absolute Gasteiger partial charge is 0.396 e. The Morgan fingerprint density at radius 2 is 2.04 bits per heavy atom. The summed E-state index contributed by atoms with van der Waals surface area (Å²) in [6, 6.07) is 5.70. The number of carbonyl (C=O) groups excluding carboxylic acids is 1. The molecule has 2 N–H and O–H groups in total. The minimum atomic E-state index is -0.181. The molecule has 0 fully saturated rings. The summed E-state index contributed by atoms with van der Waals surface area (Å²) < 4.78 is 1.88. The zero-order valence-corrected chi connectivity index (χ0v) is 15.7. The van der Waals surface area contributed by atoms with Gasteiger partial charge in [-0.1, -0.05) is 6.07 Å². The third-order valence-electron chi connectivity index (χ3n) is 4.19. The lowest BCUT2D eigenvalue weighted by atomic mass is 10.0. The van der Waals surface area contributed by atoms with Crippen molar-refractivity contribution in [3.63, 3.8) is 0 Å². The van der Waals surface area contributed by atoms with Gasteiger partial charge in [0, 0.05) is 36.7 Å². The monoisotopic (exact) mass is 344 g/mol. The topological polar surface area (TPSA) is 80.0 Å². The fourth-order valence-corrected chi connectivity index (χ4v) is 2.97. The number of nitrogens with one attached hydrogen (secondary N) is 1. The molecule has 136 valence electrons. The van der Waals surface area contributed by atoms with Gasteiger partial charge in [-0.2, -0.15) is 5.10 Å². The van der Waals surface area contributed by atoms with Gasteiger partial charge >= 0.3 is 0 Å². The molecule has 0 aliphatic heterocycles. The molecule has 0 spiro atoms. The highest BCUT2D eigenvalue weighted by molar-refractivity contribution is 5.96. The summed E-state index contributed by atoms with van der Waals surface area (Å²) in [6.07, 6.45) is 2.35. The molecule has 6 nitrogen and oxygen atoms in total. The van der Waals surface area contributed by atoms with E-state index in [0.29, 0.717) is 18.5 Å². The quantitative estimate of drug-likeness (QED) is 0.842. The number of hydrogen-bond acceptors (Lipinski definition) is 4. The Morgan fingerprint density at radius 1 is 1.32 bits per heavy atom. The maximum atomic E-state index is 12.6. The van der Waals surface area contributed by atoms with Crippen LogP contribution in [0.15, 0.2) is 24.4 Å². The summed E-state index contributed by atoms with van der Waals surface area (Å²) in [7, 11) is 0. The van der Waals surface area contributed by atoms with Crippen LogP contribution in [0.1, 0.15) is 48.2 Å². The summed E-state index contributed by atoms with van der Waals surface area (Å²) >= 11 is 0. The van der Waals surface area contributed by atoms with Gasteiger partial charge in [-0.05, 0) is 53.2 Å². The molecule has 25 heavy (non-hydrogen) atoms. The number of aromatic nitrogens is 3. The van der Waals surface area contributed by atoms with Gasteiger partial charge in [0.2, 0.25) is 0 Å². The van der Waals surface area contributed by atoms with Gasteiger partial charge in [0.1, 0.15) is 0 Å². The zero-order valence-electron chi connectivity index (χ0n) is 15.7. The third kappa shape index (κ3) is 4.66. The Hall–Kier alpha value is -2.21. The molecule has 2 aromatic rings. The van der Waals surface area contributed by atoms with E-state index in [-0.39, 0.29) is 24.0 Å². The summed E-state index contributed by atoms with van der Waals surface area (Å²) in [5, 5.41) is 17.0. The summed E-state index contributed by atoms with van der Waals surface area (Å²) in [6.45, 7) is 10.3. The van der Waals surface area contributed by atoms with Crippen LogP contribution in [0.4, 0.5) is 0 Å². The Balaban J connectivity index is 2.06. The lowest BCUT2D eigenvalue weighted by molar-refractivity contribution is 0.0938. The first-order chi connectivity index (χ1) is 11.7. The molecular weight excluding hydrogens is 316 g/mol. The van der Waals surface area contributed by atoms with Crippen LogP contribution in [-0.4, -0.2) is 38.9 Å². The van der Waals surface area contributed by atoms with Crippen molar-refractivity contribution >= 4 is 5.91 Å². The smallest absolute Gasteiger partial charge is 0.255 e. The highest BCUT2D eigenvalue weighted by Gasteiger charge is 2.24. The van der Waals surface area contributed by atoms with Crippen LogP contribution < -0.4 is 5.32 Å². The van der Waals surface area contributed by atoms with E-state index in [1.165, 1.54) is 0 Å². The number of hydrogen-bond donors (Lipinski definition) is 2. The van der Waals surface area contributed by atoms with E-state index >= 15 is 0 Å². The molecule has 0 aliphatic rings. The number of aliphatic hydroxyl groups excluding tert-OH is 1. The fraction of sp³-hybridized carbons (Fsp3) is 0.526. The molecule has 0 saturated carbocycles. The van der Waals surface area contributed by atoms with E-state index in [1.807, 2.05) is 36.7 Å². The van der Waals surface area contributed by atoms with Gasteiger partial charge in [-0.25, -0.2) is 0 Å². The first-order valence-corrected chi connectivity index (χ1v) is 8.59. The molecule has 1 unspecified atom stereocenters. The second kappa shape index (κ2) is 7.78. The molecule has 2 heterocycles. The van der Waals surface area contributed by atoms with Gasteiger partial charge in [0.15, 0.2) is 0 Å². The molecule has 2 rings (SSSR count). The normalized spacial score (nSPS) is 12.9. The summed E-state index contributed by atoms with van der Waals surface area (Å²) in [4.78, 5) is 16.9. The average molecular weight is 344 g/mol. The standard InChI is InChI=1S/C19H28N4O2/c1-13-17(14(2)23(22-13)19(3,4)5)18(25)21-11-15(12-24)10-16-8-6-7-9-20-16/h6-9,15,24H,10-12H2,1-5H3,(H,21,25). The first-order valence-electron chi connectivity index (χ1n) is 8.59. The number of pyridine rings is 1. The predicted molar refractivity (Wildman–Crippen MR) is 97.5 cm³/mol. The van der Waals surface area contributed by atoms with Crippen molar-refractivity contribution in [2.75, 3.05) is 13.2 Å². The van der Waals surface area contributed by atoms with Crippen molar-refractivity contribution in [2.45, 2.75) is 46.6 Å². The molecule has 0 radical (unpaired) electrons. The van der Waals surface area contributed by atoms with E-state index in [4.69, 9.17) is 0 Å². The van der Waals surface area contributed by atoms with Crippen LogP contribution in [0, 0.1) is 19.8 Å². The maximum absolute atomic E-state index is 12.6. The summed E-state index contributed by atoms with van der Waals surface area (Å²) in [5.74, 6) is -0.220. The van der Waals surface area contributed by atoms with Crippen LogP contribution in [0.5, 0.6) is 0 Å². The van der Waals surface area contributed by atoms with Gasteiger partial charge in [-0.3, -0.25) is 14.5 Å². The average Bonchev–Trinajstić information content (AvgIpc) is 2.87. The van der Waals surface area contributed by atoms with Crippen molar-refractivity contribution in [1.29, 1.82) is 0 Å². The van der Waals surface area contributed by atoms with Gasteiger partial charge in [0.05, 0.1) is 16.8 Å². The fourth-order valence-electron chi connectivity index (χ4n) is 2.97. The second-order valence-corrected chi connectivity index (χ2v) is 7.41. The molecule has 0 aliphatic carbocycles. The van der Waals surface area contributed by atoms with Crippen LogP contribution in [0.25, 0.3) is 0 Å². The van der Waals surface area contributed by atoms with E-state index in [2.05, 4.69) is 36.2 Å². The Kier molecular flexibility index (Phi) is 5.95. The van der Waals surface area contributed by atoms with Crippen molar-refractivity contribution in [3.05, 3.63) is 47.0 Å². The molecule has 6 heteroatoms. The van der Waals surface area contributed by atoms with Gasteiger partial charge in [0.25, 0.3) is 5.91 Å². The lowest BCUT2D eigenvalue weighted by Gasteiger charge is -2.21. The van der Waals surface area contributed by atoms with Crippen LogP contribution >= 0.6 is 0 Å². The lowest BCUT2D eigenvalue weighted by Crippen LogP contribution is -2.33. The SMILES string of the molecule is Cc1nn(C(C)(C)C)c(C)c1C(=O)NCC(CO)Cc1ccccn1. The molecular formula is C19H28N4O2. The minimum Gasteiger partial charge on any atom is -0.396 e. The van der Waals surface area contributed by atoms with Crippen molar-refractivity contribution < 1.29 is 9.90 Å². The van der Waals surface area contributed by atoms with E-state index in [1.54, 1.807) is 6.20 Å². The highest BCUT2D eigenvalue weighted by atomic mass is 16.3. The molecule has 0 saturated heterocycles. The van der Waals surface area contributed by atoms with E-state index in [9.17, 15) is 9.90 Å². The molecule has 1 amide bonds. The Labute approximate surface area is 149 Å². The zero-order chi connectivity index (χ0) is 18.6. The predicted octanol–water partition coefficient (Wildman–Crippen LogP) is 2.23. The molecule has 0 bridgehead atoms. The van der Waals surface area contributed by atoms with Crippen molar-refractivity contribution in [1.82, 2.24) is 20.1 Å². The summed E-state index contributed by atoms with van der Waals surface area (Å²) in [5.41, 5.74) is 2.91. The van der Waals surface area contributed by atoms with E-state index < -0.39 is 0 Å². The van der Waals surface area contributed by atoms with Crippen LogP contribution in [-0.2, 0) is 12.0 Å². The highest BCUT2D eigenvalue weighted by Crippen LogP contribution is 2.21. The van der Waals surface area contributed by atoms with Crippen LogP contribution in [0.3, 0.4) is 0 Å². The van der Waals surface area contributed by atoms with Gasteiger partial charge in [-0.15, -0.1) is 0 Å². The third-order valence-corrected chi connectivity index (χ3v) is 4.19. The number of aryl methyl sites for hydroxylation is 1. The van der Waals surface area contributed by atoms with E-state index in [0.717, 1.165) is 17.1 Å². The van der Waals surface area contributed by atoms with Gasteiger partial charge < -0.3 is 10.4 Å². The second-order valence-electron chi connectivity index (χ2n) is 7.41. The molecule has 2 aromatic heterocycles. The number of carbonyl (C=O) groups is 1. The Bertz CT molecular complexity index is 717. The maximum Gasteiger partial charge on any atom is 0.255 e. The minimum absolute atomic E-state index is 0.00390. The molecule has 0 aromatic carbocycles. The van der Waals surface area contributed by atoms with Crippen molar-refractivity contribution in [3.8, 4) is 0 Å². The first kappa shape index (κ1) is 19.1. The number of aliphatic hydroxyl groups is 1. The number of amides is 1. The van der Waals surface area contributed by atoms with Crippen LogP contribution in [0.2, 0.25) is 0 Å². The molecule has 1 atom stereocenters. The number of rotatable bonds is 6. The van der Waals surface area contributed by atoms with Crippen molar-refractivity contribution in [2.24, 2.45) is 5.92 Å².